The van der Waals surface area contributed by atoms with Crippen molar-refractivity contribution in [2.24, 2.45) is 11.8 Å². The summed E-state index contributed by atoms with van der Waals surface area (Å²) in [4.78, 5) is 42.3. The van der Waals surface area contributed by atoms with Gasteiger partial charge in [0.05, 0.1) is 12.2 Å². The van der Waals surface area contributed by atoms with E-state index in [4.69, 9.17) is 0 Å². The minimum Gasteiger partial charge on any atom is -0.320 e. The number of rotatable bonds is 2. The summed E-state index contributed by atoms with van der Waals surface area (Å²) in [7, 11) is 0. The van der Waals surface area contributed by atoms with Gasteiger partial charge in [0.2, 0.25) is 17.4 Å². The predicted octanol–water partition coefficient (Wildman–Crippen LogP) is 0.434. The largest absolute Gasteiger partial charge is 0.320 e. The summed E-state index contributed by atoms with van der Waals surface area (Å²) in [5, 5.41) is 2.87. The van der Waals surface area contributed by atoms with Gasteiger partial charge in [0.1, 0.15) is 23.7 Å². The van der Waals surface area contributed by atoms with Crippen LogP contribution in [0.25, 0.3) is 0 Å². The van der Waals surface area contributed by atoms with E-state index >= 15 is 0 Å². The van der Waals surface area contributed by atoms with Crippen LogP contribution in [0, 0.1) is 17.7 Å². The lowest BCUT2D eigenvalue weighted by Gasteiger charge is -2.34. The van der Waals surface area contributed by atoms with Gasteiger partial charge in [0.25, 0.3) is 5.91 Å². The molecular formula is C20H23FN3O3+. The van der Waals surface area contributed by atoms with E-state index in [1.165, 1.54) is 17.0 Å². The highest BCUT2D eigenvalue weighted by Crippen LogP contribution is 2.52. The number of carbonyl (C=O) groups excluding carboxylic acids is 3. The Morgan fingerprint density at radius 3 is 2.85 bits per heavy atom. The second-order valence-corrected chi connectivity index (χ2v) is 8.28. The molecule has 7 heteroatoms. The van der Waals surface area contributed by atoms with E-state index in [0.29, 0.717) is 24.2 Å². The van der Waals surface area contributed by atoms with Crippen LogP contribution < -0.4 is 10.2 Å². The third-order valence-corrected chi connectivity index (χ3v) is 7.24. The molecule has 0 saturated carbocycles. The Bertz CT molecular complexity index is 887. The zero-order valence-electron chi connectivity index (χ0n) is 15.4. The molecule has 0 aromatic heterocycles. The molecule has 3 amide bonds. The maximum absolute atomic E-state index is 14.1. The van der Waals surface area contributed by atoms with Crippen molar-refractivity contribution in [3.63, 3.8) is 0 Å². The van der Waals surface area contributed by atoms with Crippen LogP contribution in [0.2, 0.25) is 0 Å². The van der Waals surface area contributed by atoms with Gasteiger partial charge in [0, 0.05) is 24.4 Å². The molecule has 1 aromatic carbocycles. The number of hydrogen-bond donors (Lipinski definition) is 2. The molecule has 4 heterocycles. The Morgan fingerprint density at radius 1 is 1.33 bits per heavy atom. The molecule has 6 atom stereocenters. The van der Waals surface area contributed by atoms with Gasteiger partial charge in [-0.25, -0.2) is 4.39 Å². The molecule has 6 nitrogen and oxygen atoms in total. The average Bonchev–Trinajstić information content (AvgIpc) is 3.33. The van der Waals surface area contributed by atoms with E-state index in [-0.39, 0.29) is 29.8 Å². The first-order valence-corrected chi connectivity index (χ1v) is 9.77. The molecule has 2 N–H and O–H groups in total. The maximum Gasteiger partial charge on any atom is 0.291 e. The minimum absolute atomic E-state index is 0.0690. The van der Waals surface area contributed by atoms with Gasteiger partial charge in [-0.05, 0) is 31.5 Å². The van der Waals surface area contributed by atoms with Gasteiger partial charge < -0.3 is 10.2 Å². The second-order valence-electron chi connectivity index (χ2n) is 8.28. The zero-order valence-corrected chi connectivity index (χ0v) is 15.4. The molecule has 0 aliphatic carbocycles. The molecule has 3 saturated heterocycles. The zero-order chi connectivity index (χ0) is 19.1. The summed E-state index contributed by atoms with van der Waals surface area (Å²) in [5.74, 6) is -2.37. The fourth-order valence-electron chi connectivity index (χ4n) is 6.07. The highest BCUT2D eigenvalue weighted by molar-refractivity contribution is 6.14. The van der Waals surface area contributed by atoms with Crippen molar-refractivity contribution >= 4 is 23.4 Å². The molecule has 27 heavy (non-hydrogen) atoms. The first kappa shape index (κ1) is 16.9. The molecule has 3 fully saturated rings. The number of amides is 3. The number of carbonyl (C=O) groups is 3. The van der Waals surface area contributed by atoms with Gasteiger partial charge in [0.15, 0.2) is 0 Å². The number of likely N-dealkylation sites (tertiary alicyclic amines) is 1. The lowest BCUT2D eigenvalue weighted by atomic mass is 9.75. The lowest BCUT2D eigenvalue weighted by molar-refractivity contribution is -0.948. The summed E-state index contributed by atoms with van der Waals surface area (Å²) in [6.07, 6.45) is 2.37. The third kappa shape index (κ3) is 1.81. The Balaban J connectivity index is 1.74. The molecule has 1 aromatic rings. The normalized spacial score (nSPS) is 37.6. The Hall–Kier alpha value is -2.28. The molecule has 4 aliphatic rings. The van der Waals surface area contributed by atoms with Crippen molar-refractivity contribution in [1.82, 2.24) is 4.90 Å². The van der Waals surface area contributed by atoms with E-state index in [9.17, 15) is 18.8 Å². The van der Waals surface area contributed by atoms with Crippen LogP contribution >= 0.6 is 0 Å². The molecule has 0 bridgehead atoms. The van der Waals surface area contributed by atoms with Crippen LogP contribution in [0.5, 0.6) is 0 Å². The van der Waals surface area contributed by atoms with E-state index in [1.54, 1.807) is 6.07 Å². The summed E-state index contributed by atoms with van der Waals surface area (Å²) in [6, 6.07) is 3.98. The number of anilines is 1. The van der Waals surface area contributed by atoms with E-state index in [0.717, 1.165) is 17.7 Å². The van der Waals surface area contributed by atoms with Gasteiger partial charge in [-0.1, -0.05) is 6.92 Å². The number of nitrogens with zero attached hydrogens (tertiary/aromatic N) is 1. The molecule has 0 radical (unpaired) electrons. The third-order valence-electron chi connectivity index (χ3n) is 7.24. The lowest BCUT2D eigenvalue weighted by Crippen LogP contribution is -3.19. The Labute approximate surface area is 156 Å². The summed E-state index contributed by atoms with van der Waals surface area (Å²) >= 11 is 0. The summed E-state index contributed by atoms with van der Waals surface area (Å²) in [6.45, 7) is 4.52. The van der Waals surface area contributed by atoms with Crippen LogP contribution in [0.4, 0.5) is 10.1 Å². The van der Waals surface area contributed by atoms with Crippen molar-refractivity contribution in [3.05, 3.63) is 29.6 Å². The van der Waals surface area contributed by atoms with E-state index < -0.39 is 23.2 Å². The molecule has 1 spiro atoms. The Morgan fingerprint density at radius 2 is 2.11 bits per heavy atom. The molecule has 4 aliphatic heterocycles. The predicted molar refractivity (Wildman–Crippen MR) is 94.1 cm³/mol. The van der Waals surface area contributed by atoms with Crippen molar-refractivity contribution < 1.29 is 23.7 Å². The highest BCUT2D eigenvalue weighted by Gasteiger charge is 2.78. The summed E-state index contributed by atoms with van der Waals surface area (Å²) in [5.41, 5.74) is -0.102. The average molecular weight is 372 g/mol. The maximum atomic E-state index is 14.1. The van der Waals surface area contributed by atoms with Crippen molar-refractivity contribution in [3.8, 4) is 0 Å². The fraction of sp³-hybridized carbons (Fsp3) is 0.550. The smallest absolute Gasteiger partial charge is 0.291 e. The molecule has 5 rings (SSSR count). The number of benzene rings is 1. The molecular weight excluding hydrogens is 349 g/mol. The quantitative estimate of drug-likeness (QED) is 0.740. The topological polar surface area (TPSA) is 70.9 Å². The monoisotopic (exact) mass is 372 g/mol. The van der Waals surface area contributed by atoms with Gasteiger partial charge in [-0.15, -0.1) is 0 Å². The first-order valence-electron chi connectivity index (χ1n) is 9.77. The van der Waals surface area contributed by atoms with Crippen molar-refractivity contribution in [2.45, 2.75) is 50.7 Å². The number of fused-ring (bicyclic) bond motifs is 7. The fourth-order valence-corrected chi connectivity index (χ4v) is 6.07. The van der Waals surface area contributed by atoms with Crippen LogP contribution in [-0.2, 0) is 19.9 Å². The minimum atomic E-state index is -1.20. The van der Waals surface area contributed by atoms with E-state index in [2.05, 4.69) is 5.32 Å². The first-order chi connectivity index (χ1) is 12.9. The Kier molecular flexibility index (Phi) is 3.36. The number of nitrogens with one attached hydrogen (secondary N) is 2. The number of quaternary nitrogens is 1. The van der Waals surface area contributed by atoms with Crippen LogP contribution in [0.3, 0.4) is 0 Å². The number of halogens is 1. The van der Waals surface area contributed by atoms with Crippen molar-refractivity contribution in [1.29, 1.82) is 0 Å². The molecule has 142 valence electrons. The van der Waals surface area contributed by atoms with Crippen LogP contribution in [0.15, 0.2) is 18.2 Å². The summed E-state index contributed by atoms with van der Waals surface area (Å²) < 4.78 is 14.1. The standard InChI is InChI=1S/C20H22FN3O3/c1-3-10(2)24-17(25)15-14-5-4-8-23(14)20(16(15)18(24)26)12-9-11(21)6-7-13(12)22-19(20)27/h6-7,9-10,14-16H,3-5,8H2,1-2H3,(H,22,27)/p+1/t10-,14-,15-,16+,20-/m1/s1. The van der Waals surface area contributed by atoms with Crippen LogP contribution in [0.1, 0.15) is 38.7 Å². The SMILES string of the molecule is CC[C@@H](C)N1C(=O)[C@@H]2[C@H]3CCC[NH+]3[C@@]3(C(=O)Nc4ccc(F)cc43)[C@@H]2C1=O. The number of hydrogen-bond acceptors (Lipinski definition) is 3. The molecule has 1 unspecified atom stereocenters. The van der Waals surface area contributed by atoms with Gasteiger partial charge in [-0.3, -0.25) is 19.3 Å². The number of imide groups is 1. The van der Waals surface area contributed by atoms with E-state index in [1.807, 2.05) is 13.8 Å². The van der Waals surface area contributed by atoms with Gasteiger partial charge >= 0.3 is 0 Å². The second kappa shape index (κ2) is 5.38. The van der Waals surface area contributed by atoms with Crippen molar-refractivity contribution in [2.75, 3.05) is 11.9 Å². The van der Waals surface area contributed by atoms with Crippen LogP contribution in [-0.4, -0.2) is 41.2 Å². The highest BCUT2D eigenvalue weighted by atomic mass is 19.1. The van der Waals surface area contributed by atoms with Gasteiger partial charge in [-0.2, -0.15) is 0 Å².